The summed E-state index contributed by atoms with van der Waals surface area (Å²) < 4.78 is 0. The molecule has 0 saturated carbocycles. The SMILES string of the molecule is CN(C)c1cc(CNC(=O)CN(C)c2ncnc3nc[nH]c23)ccn1. The lowest BCUT2D eigenvalue weighted by atomic mass is 10.2. The number of nitrogens with one attached hydrogen (secondary N) is 2. The maximum Gasteiger partial charge on any atom is 0.239 e. The number of carbonyl (C=O) groups excluding carboxylic acids is 1. The third kappa shape index (κ3) is 3.82. The molecule has 0 radical (unpaired) electrons. The van der Waals surface area contributed by atoms with Crippen LogP contribution in [0.1, 0.15) is 5.56 Å². The van der Waals surface area contributed by atoms with Gasteiger partial charge >= 0.3 is 0 Å². The van der Waals surface area contributed by atoms with E-state index in [1.165, 1.54) is 6.33 Å². The van der Waals surface area contributed by atoms with Gasteiger partial charge in [0.15, 0.2) is 11.5 Å². The first-order valence-corrected chi connectivity index (χ1v) is 7.79. The van der Waals surface area contributed by atoms with Crippen LogP contribution in [0.25, 0.3) is 11.2 Å². The molecule has 0 fully saturated rings. The lowest BCUT2D eigenvalue weighted by molar-refractivity contribution is -0.119. The van der Waals surface area contributed by atoms with Gasteiger partial charge in [0.25, 0.3) is 0 Å². The molecule has 130 valence electrons. The standard InChI is InChI=1S/C16H20N8O/c1-23(2)12-6-11(4-5-17-12)7-18-13(25)8-24(3)16-14-15(20-9-19-14)21-10-22-16/h4-6,9-10H,7-8H2,1-3H3,(H,18,25)(H,19,20,21,22). The minimum atomic E-state index is -0.100. The van der Waals surface area contributed by atoms with Crippen molar-refractivity contribution in [1.29, 1.82) is 0 Å². The Morgan fingerprint density at radius 2 is 2.04 bits per heavy atom. The first-order valence-electron chi connectivity index (χ1n) is 7.79. The topological polar surface area (TPSA) is 103 Å². The zero-order valence-electron chi connectivity index (χ0n) is 14.4. The molecule has 1 amide bonds. The first-order chi connectivity index (χ1) is 12.0. The Morgan fingerprint density at radius 3 is 2.84 bits per heavy atom. The smallest absolute Gasteiger partial charge is 0.239 e. The number of aromatic nitrogens is 5. The molecular formula is C16H20N8O. The summed E-state index contributed by atoms with van der Waals surface area (Å²) in [4.78, 5) is 35.6. The molecule has 0 bridgehead atoms. The van der Waals surface area contributed by atoms with Crippen molar-refractivity contribution in [1.82, 2.24) is 30.2 Å². The average molecular weight is 340 g/mol. The largest absolute Gasteiger partial charge is 0.363 e. The van der Waals surface area contributed by atoms with Crippen LogP contribution in [0.15, 0.2) is 31.0 Å². The number of hydrogen-bond donors (Lipinski definition) is 2. The second-order valence-corrected chi connectivity index (χ2v) is 5.85. The van der Waals surface area contributed by atoms with E-state index in [1.807, 2.05) is 31.1 Å². The Balaban J connectivity index is 1.61. The van der Waals surface area contributed by atoms with E-state index in [9.17, 15) is 4.79 Å². The van der Waals surface area contributed by atoms with Crippen LogP contribution in [-0.4, -0.2) is 58.5 Å². The first kappa shape index (κ1) is 16.6. The highest BCUT2D eigenvalue weighted by Gasteiger charge is 2.13. The van der Waals surface area contributed by atoms with Gasteiger partial charge in [0.05, 0.1) is 12.9 Å². The van der Waals surface area contributed by atoms with Crippen molar-refractivity contribution in [2.24, 2.45) is 0 Å². The van der Waals surface area contributed by atoms with E-state index in [0.717, 1.165) is 11.4 Å². The molecule has 3 aromatic heterocycles. The van der Waals surface area contributed by atoms with Crippen molar-refractivity contribution in [3.05, 3.63) is 36.5 Å². The van der Waals surface area contributed by atoms with Gasteiger partial charge in [0.1, 0.15) is 17.7 Å². The highest BCUT2D eigenvalue weighted by atomic mass is 16.2. The number of amides is 1. The van der Waals surface area contributed by atoms with Crippen molar-refractivity contribution in [3.63, 3.8) is 0 Å². The van der Waals surface area contributed by atoms with Crippen LogP contribution in [0.3, 0.4) is 0 Å². The highest BCUT2D eigenvalue weighted by molar-refractivity contribution is 5.86. The second-order valence-electron chi connectivity index (χ2n) is 5.85. The number of rotatable bonds is 6. The zero-order valence-corrected chi connectivity index (χ0v) is 14.4. The van der Waals surface area contributed by atoms with Gasteiger partial charge in [0.2, 0.25) is 5.91 Å². The Morgan fingerprint density at radius 1 is 1.20 bits per heavy atom. The van der Waals surface area contributed by atoms with Gasteiger partial charge in [-0.1, -0.05) is 0 Å². The summed E-state index contributed by atoms with van der Waals surface area (Å²) in [6.07, 6.45) is 4.73. The number of H-pyrrole nitrogens is 1. The Bertz CT molecular complexity index is 875. The molecule has 0 aliphatic heterocycles. The number of likely N-dealkylation sites (N-methyl/N-ethyl adjacent to an activating group) is 1. The normalized spacial score (nSPS) is 10.7. The molecule has 0 atom stereocenters. The third-order valence-electron chi connectivity index (χ3n) is 3.70. The molecule has 0 saturated heterocycles. The molecule has 0 aliphatic rings. The molecule has 25 heavy (non-hydrogen) atoms. The quantitative estimate of drug-likeness (QED) is 0.676. The van der Waals surface area contributed by atoms with Gasteiger partial charge in [-0.2, -0.15) is 0 Å². The Hall–Kier alpha value is -3.23. The van der Waals surface area contributed by atoms with E-state index in [-0.39, 0.29) is 12.5 Å². The van der Waals surface area contributed by atoms with E-state index in [2.05, 4.69) is 30.2 Å². The second kappa shape index (κ2) is 7.12. The Labute approximate surface area is 145 Å². The van der Waals surface area contributed by atoms with Crippen LogP contribution < -0.4 is 15.1 Å². The van der Waals surface area contributed by atoms with Gasteiger partial charge in [-0.25, -0.2) is 19.9 Å². The maximum absolute atomic E-state index is 12.2. The number of fused-ring (bicyclic) bond motifs is 1. The number of pyridine rings is 1. The van der Waals surface area contributed by atoms with Crippen molar-refractivity contribution in [3.8, 4) is 0 Å². The highest BCUT2D eigenvalue weighted by Crippen LogP contribution is 2.17. The Kier molecular flexibility index (Phi) is 4.73. The van der Waals surface area contributed by atoms with E-state index in [1.54, 1.807) is 24.5 Å². The summed E-state index contributed by atoms with van der Waals surface area (Å²) in [7, 11) is 5.66. The van der Waals surface area contributed by atoms with Gasteiger partial charge < -0.3 is 20.1 Å². The molecule has 9 nitrogen and oxygen atoms in total. The summed E-state index contributed by atoms with van der Waals surface area (Å²) in [5.41, 5.74) is 2.28. The van der Waals surface area contributed by atoms with Gasteiger partial charge in [-0.3, -0.25) is 4.79 Å². The summed E-state index contributed by atoms with van der Waals surface area (Å²) in [6.45, 7) is 0.621. The van der Waals surface area contributed by atoms with Crippen LogP contribution >= 0.6 is 0 Å². The van der Waals surface area contributed by atoms with Crippen molar-refractivity contribution in [2.45, 2.75) is 6.54 Å². The molecular weight excluding hydrogens is 320 g/mol. The third-order valence-corrected chi connectivity index (χ3v) is 3.70. The van der Waals surface area contributed by atoms with Gasteiger partial charge in [-0.15, -0.1) is 0 Å². The molecule has 0 aliphatic carbocycles. The molecule has 0 aromatic carbocycles. The lowest BCUT2D eigenvalue weighted by Crippen LogP contribution is -2.35. The summed E-state index contributed by atoms with van der Waals surface area (Å²) in [6, 6.07) is 3.83. The number of anilines is 2. The van der Waals surface area contributed by atoms with E-state index < -0.39 is 0 Å². The number of imidazole rings is 1. The van der Waals surface area contributed by atoms with Crippen molar-refractivity contribution >= 4 is 28.7 Å². The van der Waals surface area contributed by atoms with Crippen molar-refractivity contribution in [2.75, 3.05) is 37.5 Å². The van der Waals surface area contributed by atoms with Gasteiger partial charge in [0, 0.05) is 33.9 Å². The minimum Gasteiger partial charge on any atom is -0.363 e. The van der Waals surface area contributed by atoms with Crippen LogP contribution in [0.5, 0.6) is 0 Å². The predicted octanol–water partition coefficient (Wildman–Crippen LogP) is 0.566. The average Bonchev–Trinajstić information content (AvgIpc) is 3.08. The van der Waals surface area contributed by atoms with E-state index in [4.69, 9.17) is 0 Å². The molecule has 9 heteroatoms. The molecule has 3 rings (SSSR count). The van der Waals surface area contributed by atoms with Crippen LogP contribution in [-0.2, 0) is 11.3 Å². The predicted molar refractivity (Wildman–Crippen MR) is 95.4 cm³/mol. The number of nitrogens with zero attached hydrogens (tertiary/aromatic N) is 6. The van der Waals surface area contributed by atoms with Crippen LogP contribution in [0, 0.1) is 0 Å². The fraction of sp³-hybridized carbons (Fsp3) is 0.312. The van der Waals surface area contributed by atoms with E-state index in [0.29, 0.717) is 23.5 Å². The fourth-order valence-corrected chi connectivity index (χ4v) is 2.40. The number of hydrogen-bond acceptors (Lipinski definition) is 7. The maximum atomic E-state index is 12.2. The molecule has 2 N–H and O–H groups in total. The molecule has 3 aromatic rings. The zero-order chi connectivity index (χ0) is 17.8. The minimum absolute atomic E-state index is 0.100. The molecule has 0 unspecified atom stereocenters. The van der Waals surface area contributed by atoms with Crippen molar-refractivity contribution < 1.29 is 4.79 Å². The lowest BCUT2D eigenvalue weighted by Gasteiger charge is -2.18. The molecule has 0 spiro atoms. The van der Waals surface area contributed by atoms with Crippen LogP contribution in [0.2, 0.25) is 0 Å². The monoisotopic (exact) mass is 340 g/mol. The summed E-state index contributed by atoms with van der Waals surface area (Å²) >= 11 is 0. The molecule has 3 heterocycles. The van der Waals surface area contributed by atoms with Crippen LogP contribution in [0.4, 0.5) is 11.6 Å². The fourth-order valence-electron chi connectivity index (χ4n) is 2.40. The van der Waals surface area contributed by atoms with Gasteiger partial charge in [-0.05, 0) is 17.7 Å². The summed E-state index contributed by atoms with van der Waals surface area (Å²) in [5.74, 6) is 1.39. The number of aromatic amines is 1. The van der Waals surface area contributed by atoms with E-state index >= 15 is 0 Å². The summed E-state index contributed by atoms with van der Waals surface area (Å²) in [5, 5.41) is 2.91. The number of carbonyl (C=O) groups is 1.